The summed E-state index contributed by atoms with van der Waals surface area (Å²) in [6.45, 7) is 9.77. The Kier molecular flexibility index (Phi) is 4.82. The fourth-order valence-corrected chi connectivity index (χ4v) is 1.76. The topological polar surface area (TPSA) is 29.9 Å². The normalized spacial score (nSPS) is 13.4. The van der Waals surface area contributed by atoms with Crippen LogP contribution in [0.4, 0.5) is 0 Å². The first-order valence-electron chi connectivity index (χ1n) is 5.94. The van der Waals surface area contributed by atoms with Gasteiger partial charge in [-0.15, -0.1) is 0 Å². The number of imidazole rings is 1. The first-order valence-corrected chi connectivity index (χ1v) is 5.94. The molecule has 0 saturated heterocycles. The van der Waals surface area contributed by atoms with Crippen LogP contribution >= 0.6 is 0 Å². The van der Waals surface area contributed by atoms with Crippen LogP contribution in [0.15, 0.2) is 12.4 Å². The summed E-state index contributed by atoms with van der Waals surface area (Å²) < 4.78 is 2.30. The molecular formula is C12H23N3. The average Bonchev–Trinajstić information content (AvgIpc) is 2.66. The Labute approximate surface area is 92.9 Å². The molecule has 0 radical (unpaired) electrons. The average molecular weight is 209 g/mol. The second kappa shape index (κ2) is 5.91. The molecule has 3 heteroatoms. The van der Waals surface area contributed by atoms with E-state index in [0.29, 0.717) is 12.1 Å². The van der Waals surface area contributed by atoms with Gasteiger partial charge in [0.05, 0.1) is 0 Å². The predicted molar refractivity (Wildman–Crippen MR) is 64.1 cm³/mol. The second-order valence-electron chi connectivity index (χ2n) is 4.23. The fraction of sp³-hybridized carbons (Fsp3) is 0.750. The molecule has 1 rings (SSSR count). The Balaban J connectivity index is 2.65. The zero-order valence-corrected chi connectivity index (χ0v) is 10.3. The summed E-state index contributed by atoms with van der Waals surface area (Å²) in [5.41, 5.74) is 0. The fourth-order valence-electron chi connectivity index (χ4n) is 1.76. The molecule has 0 bridgehead atoms. The molecule has 3 nitrogen and oxygen atoms in total. The third kappa shape index (κ3) is 3.34. The van der Waals surface area contributed by atoms with E-state index in [-0.39, 0.29) is 0 Å². The van der Waals surface area contributed by atoms with Crippen molar-refractivity contribution in [3.63, 3.8) is 0 Å². The smallest absolute Gasteiger partial charge is 0.108 e. The van der Waals surface area contributed by atoms with Gasteiger partial charge in [-0.25, -0.2) is 4.98 Å². The van der Waals surface area contributed by atoms with Crippen molar-refractivity contribution in [3.8, 4) is 0 Å². The van der Waals surface area contributed by atoms with Crippen molar-refractivity contribution in [1.29, 1.82) is 0 Å². The van der Waals surface area contributed by atoms with E-state index in [4.69, 9.17) is 0 Å². The number of hydrogen-bond acceptors (Lipinski definition) is 2. The number of aryl methyl sites for hydroxylation is 1. The Bertz CT molecular complexity index is 278. The van der Waals surface area contributed by atoms with Crippen LogP contribution in [-0.2, 0) is 6.42 Å². The van der Waals surface area contributed by atoms with E-state index in [0.717, 1.165) is 19.4 Å². The summed E-state index contributed by atoms with van der Waals surface area (Å²) in [6.07, 6.45) is 6.14. The zero-order valence-electron chi connectivity index (χ0n) is 10.3. The largest absolute Gasteiger partial charge is 0.331 e. The van der Waals surface area contributed by atoms with Crippen LogP contribution < -0.4 is 5.32 Å². The van der Waals surface area contributed by atoms with Crippen LogP contribution in [0.3, 0.4) is 0 Å². The van der Waals surface area contributed by atoms with Gasteiger partial charge in [0.1, 0.15) is 5.82 Å². The van der Waals surface area contributed by atoms with Gasteiger partial charge in [-0.05, 0) is 6.42 Å². The molecule has 0 spiro atoms. The standard InChI is InChI=1S/C12H23N3/c1-5-11(9-14-10(3)4)15-8-7-13-12(15)6-2/h7-8,10-11,14H,5-6,9H2,1-4H3. The van der Waals surface area contributed by atoms with Gasteiger partial charge in [0.2, 0.25) is 0 Å². The first kappa shape index (κ1) is 12.2. The Morgan fingerprint density at radius 2 is 2.13 bits per heavy atom. The molecule has 1 atom stereocenters. The highest BCUT2D eigenvalue weighted by molar-refractivity contribution is 4.95. The summed E-state index contributed by atoms with van der Waals surface area (Å²) in [6, 6.07) is 1.08. The van der Waals surface area contributed by atoms with Crippen LogP contribution in [0, 0.1) is 0 Å². The van der Waals surface area contributed by atoms with Gasteiger partial charge in [-0.1, -0.05) is 27.7 Å². The maximum absolute atomic E-state index is 4.37. The van der Waals surface area contributed by atoms with Crippen molar-refractivity contribution in [2.45, 2.75) is 52.6 Å². The number of rotatable bonds is 6. The number of nitrogens with zero attached hydrogens (tertiary/aromatic N) is 2. The molecule has 1 unspecified atom stereocenters. The molecule has 86 valence electrons. The molecule has 0 fully saturated rings. The Hall–Kier alpha value is -0.830. The van der Waals surface area contributed by atoms with Gasteiger partial charge < -0.3 is 9.88 Å². The van der Waals surface area contributed by atoms with Gasteiger partial charge >= 0.3 is 0 Å². The van der Waals surface area contributed by atoms with Gasteiger partial charge in [0, 0.05) is 37.4 Å². The second-order valence-corrected chi connectivity index (χ2v) is 4.23. The van der Waals surface area contributed by atoms with Crippen molar-refractivity contribution in [3.05, 3.63) is 18.2 Å². The molecule has 0 aromatic carbocycles. The SMILES string of the molecule is CCc1nccn1C(CC)CNC(C)C. The molecule has 1 N–H and O–H groups in total. The Morgan fingerprint density at radius 3 is 2.67 bits per heavy atom. The first-order chi connectivity index (χ1) is 7.19. The van der Waals surface area contributed by atoms with E-state index >= 15 is 0 Å². The third-order valence-corrected chi connectivity index (χ3v) is 2.69. The molecule has 1 heterocycles. The molecule has 0 amide bonds. The van der Waals surface area contributed by atoms with E-state index in [1.54, 1.807) is 0 Å². The minimum Gasteiger partial charge on any atom is -0.331 e. The molecule has 0 aliphatic rings. The summed E-state index contributed by atoms with van der Waals surface area (Å²) in [5.74, 6) is 1.19. The lowest BCUT2D eigenvalue weighted by atomic mass is 10.2. The molecule has 0 aliphatic carbocycles. The predicted octanol–water partition coefficient (Wildman–Crippen LogP) is 2.39. The molecule has 0 saturated carbocycles. The highest BCUT2D eigenvalue weighted by atomic mass is 15.1. The lowest BCUT2D eigenvalue weighted by Crippen LogP contribution is -2.30. The summed E-state index contributed by atoms with van der Waals surface area (Å²) >= 11 is 0. The van der Waals surface area contributed by atoms with Crippen LogP contribution in [0.5, 0.6) is 0 Å². The number of nitrogens with one attached hydrogen (secondary N) is 1. The van der Waals surface area contributed by atoms with Crippen molar-refractivity contribution in [2.75, 3.05) is 6.54 Å². The van der Waals surface area contributed by atoms with Crippen molar-refractivity contribution in [1.82, 2.24) is 14.9 Å². The van der Waals surface area contributed by atoms with Crippen LogP contribution in [0.1, 0.15) is 46.0 Å². The summed E-state index contributed by atoms with van der Waals surface area (Å²) in [7, 11) is 0. The number of hydrogen-bond donors (Lipinski definition) is 1. The highest BCUT2D eigenvalue weighted by Gasteiger charge is 2.11. The van der Waals surface area contributed by atoms with E-state index in [1.165, 1.54) is 5.82 Å². The molecule has 1 aromatic rings. The number of aromatic nitrogens is 2. The van der Waals surface area contributed by atoms with E-state index in [2.05, 4.69) is 48.8 Å². The van der Waals surface area contributed by atoms with E-state index in [9.17, 15) is 0 Å². The summed E-state index contributed by atoms with van der Waals surface area (Å²) in [5, 5.41) is 3.49. The van der Waals surface area contributed by atoms with Gasteiger partial charge in [-0.3, -0.25) is 0 Å². The van der Waals surface area contributed by atoms with Crippen molar-refractivity contribution in [2.24, 2.45) is 0 Å². The molecule has 15 heavy (non-hydrogen) atoms. The van der Waals surface area contributed by atoms with Crippen molar-refractivity contribution >= 4 is 0 Å². The van der Waals surface area contributed by atoms with Gasteiger partial charge in [0.15, 0.2) is 0 Å². The van der Waals surface area contributed by atoms with Crippen LogP contribution in [-0.4, -0.2) is 22.1 Å². The van der Waals surface area contributed by atoms with E-state index < -0.39 is 0 Å². The van der Waals surface area contributed by atoms with E-state index in [1.807, 2.05) is 6.20 Å². The molecule has 0 aliphatic heterocycles. The molecule has 1 aromatic heterocycles. The summed E-state index contributed by atoms with van der Waals surface area (Å²) in [4.78, 5) is 4.37. The quantitative estimate of drug-likeness (QED) is 0.779. The van der Waals surface area contributed by atoms with Gasteiger partial charge in [0.25, 0.3) is 0 Å². The minimum atomic E-state index is 0.532. The zero-order chi connectivity index (χ0) is 11.3. The maximum Gasteiger partial charge on any atom is 0.108 e. The third-order valence-electron chi connectivity index (χ3n) is 2.69. The lowest BCUT2D eigenvalue weighted by Gasteiger charge is -2.21. The Morgan fingerprint density at radius 1 is 1.40 bits per heavy atom. The molecular weight excluding hydrogens is 186 g/mol. The van der Waals surface area contributed by atoms with Crippen LogP contribution in [0.25, 0.3) is 0 Å². The monoisotopic (exact) mass is 209 g/mol. The lowest BCUT2D eigenvalue weighted by molar-refractivity contribution is 0.417. The highest BCUT2D eigenvalue weighted by Crippen LogP contribution is 2.13. The van der Waals surface area contributed by atoms with Gasteiger partial charge in [-0.2, -0.15) is 0 Å². The van der Waals surface area contributed by atoms with Crippen molar-refractivity contribution < 1.29 is 0 Å². The minimum absolute atomic E-state index is 0.532. The van der Waals surface area contributed by atoms with Crippen LogP contribution in [0.2, 0.25) is 0 Å². The maximum atomic E-state index is 4.37.